The molecule has 4 heteroatoms. The SMILES string of the molecule is CN1CC2(CCN(c3cc(C=O)ccn3)CC2)C1. The number of rotatable bonds is 2. The van der Waals surface area contributed by atoms with E-state index in [-0.39, 0.29) is 0 Å². The molecule has 0 unspecified atom stereocenters. The molecule has 2 aliphatic heterocycles. The van der Waals surface area contributed by atoms with Crippen molar-refractivity contribution in [1.82, 2.24) is 9.88 Å². The standard InChI is InChI=1S/C14H19N3O/c1-16-10-14(11-16)3-6-17(7-4-14)13-8-12(9-18)2-5-15-13/h2,5,8-9H,3-4,6-7,10-11H2,1H3. The molecule has 4 nitrogen and oxygen atoms in total. The summed E-state index contributed by atoms with van der Waals surface area (Å²) in [7, 11) is 2.19. The first kappa shape index (κ1) is 11.7. The maximum absolute atomic E-state index is 10.8. The molecule has 3 heterocycles. The molecule has 0 atom stereocenters. The number of carbonyl (C=O) groups is 1. The highest BCUT2D eigenvalue weighted by atomic mass is 16.1. The Morgan fingerprint density at radius 3 is 2.67 bits per heavy atom. The van der Waals surface area contributed by atoms with Crippen LogP contribution in [0.3, 0.4) is 0 Å². The number of anilines is 1. The van der Waals surface area contributed by atoms with Crippen molar-refractivity contribution in [2.24, 2.45) is 5.41 Å². The average Bonchev–Trinajstić information content (AvgIpc) is 2.38. The smallest absolute Gasteiger partial charge is 0.150 e. The largest absolute Gasteiger partial charge is 0.357 e. The molecule has 1 spiro atoms. The van der Waals surface area contributed by atoms with Gasteiger partial charge in [0, 0.05) is 37.9 Å². The average molecular weight is 245 g/mol. The predicted octanol–water partition coefficient (Wildman–Crippen LogP) is 1.43. The Morgan fingerprint density at radius 2 is 2.06 bits per heavy atom. The van der Waals surface area contributed by atoms with Gasteiger partial charge in [-0.1, -0.05) is 0 Å². The quantitative estimate of drug-likeness (QED) is 0.739. The number of piperidine rings is 1. The van der Waals surface area contributed by atoms with Crippen LogP contribution in [0.5, 0.6) is 0 Å². The van der Waals surface area contributed by atoms with Crippen molar-refractivity contribution >= 4 is 12.1 Å². The zero-order valence-corrected chi connectivity index (χ0v) is 10.8. The Morgan fingerprint density at radius 1 is 1.33 bits per heavy atom. The van der Waals surface area contributed by atoms with E-state index in [2.05, 4.69) is 21.8 Å². The normalized spacial score (nSPS) is 22.8. The van der Waals surface area contributed by atoms with Gasteiger partial charge >= 0.3 is 0 Å². The Labute approximate surface area is 108 Å². The fourth-order valence-electron chi connectivity index (χ4n) is 3.31. The third-order valence-corrected chi connectivity index (χ3v) is 4.26. The first-order valence-electron chi connectivity index (χ1n) is 6.56. The molecule has 0 bridgehead atoms. The zero-order chi connectivity index (χ0) is 12.6. The van der Waals surface area contributed by atoms with Crippen molar-refractivity contribution in [2.75, 3.05) is 38.1 Å². The van der Waals surface area contributed by atoms with Crippen molar-refractivity contribution in [2.45, 2.75) is 12.8 Å². The monoisotopic (exact) mass is 245 g/mol. The molecular weight excluding hydrogens is 226 g/mol. The van der Waals surface area contributed by atoms with Gasteiger partial charge in [0.1, 0.15) is 12.1 Å². The Kier molecular flexibility index (Phi) is 2.82. The number of nitrogens with zero attached hydrogens (tertiary/aromatic N) is 3. The molecule has 0 N–H and O–H groups in total. The van der Waals surface area contributed by atoms with Gasteiger partial charge in [0.2, 0.25) is 0 Å². The minimum Gasteiger partial charge on any atom is -0.357 e. The molecule has 1 aromatic rings. The minimum atomic E-state index is 0.563. The summed E-state index contributed by atoms with van der Waals surface area (Å²) >= 11 is 0. The van der Waals surface area contributed by atoms with Gasteiger partial charge in [-0.15, -0.1) is 0 Å². The molecule has 1 aromatic heterocycles. The summed E-state index contributed by atoms with van der Waals surface area (Å²) in [6.45, 7) is 4.59. The second-order valence-electron chi connectivity index (χ2n) is 5.72. The summed E-state index contributed by atoms with van der Waals surface area (Å²) in [5, 5.41) is 0. The van der Waals surface area contributed by atoms with Gasteiger partial charge < -0.3 is 9.80 Å². The summed E-state index contributed by atoms with van der Waals surface area (Å²) in [6, 6.07) is 3.64. The molecule has 0 aromatic carbocycles. The molecule has 3 rings (SSSR count). The topological polar surface area (TPSA) is 36.4 Å². The fraction of sp³-hybridized carbons (Fsp3) is 0.571. The number of carbonyl (C=O) groups excluding carboxylic acids is 1. The Bertz CT molecular complexity index is 444. The summed E-state index contributed by atoms with van der Waals surface area (Å²) in [6.07, 6.45) is 5.09. The number of aromatic nitrogens is 1. The van der Waals surface area contributed by atoms with E-state index in [1.807, 2.05) is 6.07 Å². The molecule has 2 fully saturated rings. The van der Waals surface area contributed by atoms with Crippen LogP contribution in [-0.4, -0.2) is 49.4 Å². The first-order chi connectivity index (χ1) is 8.71. The van der Waals surface area contributed by atoms with Gasteiger partial charge in [-0.3, -0.25) is 4.79 Å². The molecule has 0 radical (unpaired) electrons. The lowest BCUT2D eigenvalue weighted by molar-refractivity contribution is 0.00121. The highest BCUT2D eigenvalue weighted by Gasteiger charge is 2.43. The molecule has 0 saturated carbocycles. The molecule has 0 amide bonds. The van der Waals surface area contributed by atoms with Gasteiger partial charge in [-0.05, 0) is 37.4 Å². The van der Waals surface area contributed by atoms with Crippen LogP contribution in [0, 0.1) is 5.41 Å². The second kappa shape index (κ2) is 4.35. The van der Waals surface area contributed by atoms with Crippen LogP contribution in [0.2, 0.25) is 0 Å². The highest BCUT2D eigenvalue weighted by molar-refractivity contribution is 5.76. The lowest BCUT2D eigenvalue weighted by Crippen LogP contribution is -2.58. The lowest BCUT2D eigenvalue weighted by Gasteiger charge is -2.53. The van der Waals surface area contributed by atoms with Crippen LogP contribution in [0.4, 0.5) is 5.82 Å². The Balaban J connectivity index is 1.67. The molecule has 0 aliphatic carbocycles. The van der Waals surface area contributed by atoms with Crippen LogP contribution < -0.4 is 4.90 Å². The van der Waals surface area contributed by atoms with Crippen molar-refractivity contribution < 1.29 is 4.79 Å². The van der Waals surface area contributed by atoms with Crippen LogP contribution in [0.1, 0.15) is 23.2 Å². The predicted molar refractivity (Wildman–Crippen MR) is 71.0 cm³/mol. The molecule has 18 heavy (non-hydrogen) atoms. The van der Waals surface area contributed by atoms with Gasteiger partial charge in [-0.25, -0.2) is 4.98 Å². The number of aldehydes is 1. The van der Waals surface area contributed by atoms with Gasteiger partial charge in [0.15, 0.2) is 0 Å². The van der Waals surface area contributed by atoms with E-state index in [0.29, 0.717) is 11.0 Å². The van der Waals surface area contributed by atoms with Crippen molar-refractivity contribution in [1.29, 1.82) is 0 Å². The second-order valence-corrected chi connectivity index (χ2v) is 5.72. The molecular formula is C14H19N3O. The van der Waals surface area contributed by atoms with E-state index in [1.165, 1.54) is 25.9 Å². The maximum atomic E-state index is 10.8. The maximum Gasteiger partial charge on any atom is 0.150 e. The van der Waals surface area contributed by atoms with Crippen LogP contribution in [-0.2, 0) is 0 Å². The number of likely N-dealkylation sites (tertiary alicyclic amines) is 1. The van der Waals surface area contributed by atoms with Gasteiger partial charge in [-0.2, -0.15) is 0 Å². The van der Waals surface area contributed by atoms with Crippen LogP contribution >= 0.6 is 0 Å². The van der Waals surface area contributed by atoms with Crippen LogP contribution in [0.15, 0.2) is 18.3 Å². The lowest BCUT2D eigenvalue weighted by atomic mass is 9.72. The van der Waals surface area contributed by atoms with E-state index in [0.717, 1.165) is 25.2 Å². The third-order valence-electron chi connectivity index (χ3n) is 4.26. The Hall–Kier alpha value is -1.42. The minimum absolute atomic E-state index is 0.563. The van der Waals surface area contributed by atoms with Crippen molar-refractivity contribution in [3.8, 4) is 0 Å². The van der Waals surface area contributed by atoms with Gasteiger partial charge in [0.05, 0.1) is 0 Å². The number of pyridine rings is 1. The van der Waals surface area contributed by atoms with E-state index < -0.39 is 0 Å². The fourth-order valence-corrected chi connectivity index (χ4v) is 3.31. The van der Waals surface area contributed by atoms with Crippen molar-refractivity contribution in [3.63, 3.8) is 0 Å². The zero-order valence-electron chi connectivity index (χ0n) is 10.8. The molecule has 96 valence electrons. The van der Waals surface area contributed by atoms with Crippen LogP contribution in [0.25, 0.3) is 0 Å². The van der Waals surface area contributed by atoms with E-state index in [1.54, 1.807) is 12.3 Å². The molecule has 2 saturated heterocycles. The summed E-state index contributed by atoms with van der Waals surface area (Å²) < 4.78 is 0. The van der Waals surface area contributed by atoms with E-state index >= 15 is 0 Å². The van der Waals surface area contributed by atoms with Gasteiger partial charge in [0.25, 0.3) is 0 Å². The highest BCUT2D eigenvalue weighted by Crippen LogP contribution is 2.40. The third kappa shape index (κ3) is 2.01. The summed E-state index contributed by atoms with van der Waals surface area (Å²) in [4.78, 5) is 19.9. The first-order valence-corrected chi connectivity index (χ1v) is 6.56. The number of hydrogen-bond donors (Lipinski definition) is 0. The number of hydrogen-bond acceptors (Lipinski definition) is 4. The van der Waals surface area contributed by atoms with E-state index in [4.69, 9.17) is 0 Å². The van der Waals surface area contributed by atoms with Crippen molar-refractivity contribution in [3.05, 3.63) is 23.9 Å². The van der Waals surface area contributed by atoms with E-state index in [9.17, 15) is 4.79 Å². The summed E-state index contributed by atoms with van der Waals surface area (Å²) in [5.41, 5.74) is 1.27. The summed E-state index contributed by atoms with van der Waals surface area (Å²) in [5.74, 6) is 0.946. The molecule has 2 aliphatic rings.